The number of H-pyrrole nitrogens is 2. The van der Waals surface area contributed by atoms with Crippen LogP contribution in [0.15, 0.2) is 73.5 Å². The van der Waals surface area contributed by atoms with Gasteiger partial charge in [-0.15, -0.1) is 0 Å². The molecule has 5 aromatic heterocycles. The van der Waals surface area contributed by atoms with E-state index in [0.29, 0.717) is 11.5 Å². The van der Waals surface area contributed by atoms with Gasteiger partial charge in [0.2, 0.25) is 0 Å². The summed E-state index contributed by atoms with van der Waals surface area (Å²) in [5.74, 6) is 0.646. The van der Waals surface area contributed by atoms with Crippen molar-refractivity contribution in [3.63, 3.8) is 0 Å². The highest BCUT2D eigenvalue weighted by atomic mass is 15.2. The monoisotopic (exact) mass is 474 g/mol. The number of anilines is 1. The largest absolute Gasteiger partial charge is 0.358 e. The summed E-state index contributed by atoms with van der Waals surface area (Å²) in [6.07, 6.45) is 14.6. The minimum Gasteiger partial charge on any atom is -0.358 e. The molecule has 0 bridgehead atoms. The van der Waals surface area contributed by atoms with Crippen LogP contribution in [-0.4, -0.2) is 35.1 Å². The summed E-state index contributed by atoms with van der Waals surface area (Å²) in [7, 11) is 0. The molecule has 1 aliphatic carbocycles. The number of pyridine rings is 3. The first-order chi connectivity index (χ1) is 17.4. The quantitative estimate of drug-likeness (QED) is 0.277. The Labute approximate surface area is 208 Å². The average molecular weight is 475 g/mol. The molecule has 0 unspecified atom stereocenters. The molecule has 178 valence electrons. The standard InChI is InChI=1S/C28H26N8/c1-16(28(2,3)4)31-19-11-18(12-29-13-19)21-9-10-22-25(32-21)26(36-35-22)27-33-23-15-30-14-20(24(23)34-27)17-7-5-6-8-17/h5,7-15,31H,1,6H2,2-4H3,(H,33,34)(H,35,36). The van der Waals surface area contributed by atoms with Gasteiger partial charge in [0.1, 0.15) is 5.52 Å². The molecule has 0 radical (unpaired) electrons. The number of fused-ring (bicyclic) bond motifs is 2. The molecule has 36 heavy (non-hydrogen) atoms. The third-order valence-electron chi connectivity index (χ3n) is 6.34. The van der Waals surface area contributed by atoms with Gasteiger partial charge in [0.25, 0.3) is 0 Å². The van der Waals surface area contributed by atoms with Crippen molar-refractivity contribution in [3.05, 3.63) is 79.1 Å². The zero-order valence-corrected chi connectivity index (χ0v) is 20.4. The Morgan fingerprint density at radius 2 is 1.86 bits per heavy atom. The Morgan fingerprint density at radius 3 is 2.67 bits per heavy atom. The highest BCUT2D eigenvalue weighted by molar-refractivity contribution is 5.96. The van der Waals surface area contributed by atoms with Crippen LogP contribution in [0.3, 0.4) is 0 Å². The molecule has 3 N–H and O–H groups in total. The van der Waals surface area contributed by atoms with E-state index in [4.69, 9.17) is 9.97 Å². The fourth-order valence-corrected chi connectivity index (χ4v) is 4.15. The molecule has 0 atom stereocenters. The Kier molecular flexibility index (Phi) is 5.03. The zero-order valence-electron chi connectivity index (χ0n) is 20.4. The minimum atomic E-state index is -0.0641. The van der Waals surface area contributed by atoms with Crippen molar-refractivity contribution in [2.45, 2.75) is 27.2 Å². The first kappa shape index (κ1) is 21.9. The number of imidazole rings is 1. The zero-order chi connectivity index (χ0) is 24.9. The predicted octanol–water partition coefficient (Wildman–Crippen LogP) is 6.27. The van der Waals surface area contributed by atoms with Gasteiger partial charge in [-0.3, -0.25) is 15.1 Å². The molecule has 0 aliphatic heterocycles. The van der Waals surface area contributed by atoms with Crippen LogP contribution in [0.1, 0.15) is 32.8 Å². The van der Waals surface area contributed by atoms with E-state index >= 15 is 0 Å². The van der Waals surface area contributed by atoms with Crippen LogP contribution in [-0.2, 0) is 0 Å². The number of rotatable bonds is 5. The van der Waals surface area contributed by atoms with E-state index in [-0.39, 0.29) is 5.41 Å². The van der Waals surface area contributed by atoms with E-state index in [1.165, 1.54) is 0 Å². The van der Waals surface area contributed by atoms with Crippen LogP contribution in [0.4, 0.5) is 5.69 Å². The summed E-state index contributed by atoms with van der Waals surface area (Å²) >= 11 is 0. The molecule has 0 spiro atoms. The lowest BCUT2D eigenvalue weighted by Gasteiger charge is -2.23. The maximum absolute atomic E-state index is 4.94. The van der Waals surface area contributed by atoms with Crippen LogP contribution in [0, 0.1) is 5.41 Å². The van der Waals surface area contributed by atoms with Gasteiger partial charge in [-0.25, -0.2) is 9.97 Å². The van der Waals surface area contributed by atoms with Crippen LogP contribution >= 0.6 is 0 Å². The number of aromatic nitrogens is 7. The third-order valence-corrected chi connectivity index (χ3v) is 6.34. The van der Waals surface area contributed by atoms with Crippen molar-refractivity contribution in [2.24, 2.45) is 5.41 Å². The Bertz CT molecular complexity index is 1690. The molecule has 6 rings (SSSR count). The van der Waals surface area contributed by atoms with E-state index < -0.39 is 0 Å². The van der Waals surface area contributed by atoms with Gasteiger partial charge in [-0.05, 0) is 30.2 Å². The number of nitrogens with zero attached hydrogens (tertiary/aromatic N) is 5. The van der Waals surface area contributed by atoms with Crippen molar-refractivity contribution >= 4 is 33.3 Å². The van der Waals surface area contributed by atoms with E-state index in [1.807, 2.05) is 24.4 Å². The SMILES string of the molecule is C=C(Nc1cncc(-c2ccc3[nH]nc(-c4nc5c(C6=CCC=C6)cncc5[nH]4)c3n2)c1)C(C)(C)C. The molecular weight excluding hydrogens is 448 g/mol. The minimum absolute atomic E-state index is 0.0641. The Morgan fingerprint density at radius 1 is 1.00 bits per heavy atom. The molecule has 1 aliphatic rings. The van der Waals surface area contributed by atoms with Crippen molar-refractivity contribution in [3.8, 4) is 22.8 Å². The second-order valence-corrected chi connectivity index (χ2v) is 9.95. The lowest BCUT2D eigenvalue weighted by Crippen LogP contribution is -2.15. The van der Waals surface area contributed by atoms with Crippen molar-refractivity contribution < 1.29 is 0 Å². The molecule has 0 amide bonds. The normalized spacial score (nSPS) is 13.5. The topological polar surface area (TPSA) is 108 Å². The summed E-state index contributed by atoms with van der Waals surface area (Å²) in [4.78, 5) is 22.0. The van der Waals surface area contributed by atoms with Crippen molar-refractivity contribution in [1.29, 1.82) is 0 Å². The molecular formula is C28H26N8. The highest BCUT2D eigenvalue weighted by Crippen LogP contribution is 2.32. The average Bonchev–Trinajstić information content (AvgIpc) is 3.62. The van der Waals surface area contributed by atoms with E-state index in [2.05, 4.69) is 76.0 Å². The lowest BCUT2D eigenvalue weighted by atomic mass is 9.93. The van der Waals surface area contributed by atoms with Gasteiger partial charge in [0, 0.05) is 34.6 Å². The van der Waals surface area contributed by atoms with Crippen LogP contribution in [0.25, 0.3) is 50.4 Å². The molecule has 5 aromatic rings. The first-order valence-electron chi connectivity index (χ1n) is 11.8. The van der Waals surface area contributed by atoms with Gasteiger partial charge in [0.05, 0.1) is 40.3 Å². The smallest absolute Gasteiger partial charge is 0.161 e. The van der Waals surface area contributed by atoms with Crippen LogP contribution in [0.2, 0.25) is 0 Å². The fraction of sp³-hybridized carbons (Fsp3) is 0.179. The number of hydrogen-bond acceptors (Lipinski definition) is 6. The number of allylic oxidation sites excluding steroid dienone is 5. The molecule has 8 nitrogen and oxygen atoms in total. The van der Waals surface area contributed by atoms with Gasteiger partial charge < -0.3 is 10.3 Å². The van der Waals surface area contributed by atoms with Gasteiger partial charge in [-0.2, -0.15) is 5.10 Å². The Hall–Kier alpha value is -4.59. The highest BCUT2D eigenvalue weighted by Gasteiger charge is 2.18. The summed E-state index contributed by atoms with van der Waals surface area (Å²) in [5.41, 5.74) is 9.51. The molecule has 0 saturated carbocycles. The summed E-state index contributed by atoms with van der Waals surface area (Å²) in [6.45, 7) is 10.5. The molecule has 5 heterocycles. The van der Waals surface area contributed by atoms with Crippen LogP contribution in [0.5, 0.6) is 0 Å². The van der Waals surface area contributed by atoms with Gasteiger partial charge in [-0.1, -0.05) is 45.6 Å². The fourth-order valence-electron chi connectivity index (χ4n) is 4.15. The number of hydrogen-bond donors (Lipinski definition) is 3. The second-order valence-electron chi connectivity index (χ2n) is 9.95. The second kappa shape index (κ2) is 8.27. The van der Waals surface area contributed by atoms with Crippen LogP contribution < -0.4 is 5.32 Å². The van der Waals surface area contributed by atoms with Crippen molar-refractivity contribution in [1.82, 2.24) is 35.1 Å². The van der Waals surface area contributed by atoms with Gasteiger partial charge in [0.15, 0.2) is 11.5 Å². The van der Waals surface area contributed by atoms with E-state index in [1.54, 1.807) is 18.6 Å². The maximum atomic E-state index is 4.94. The predicted molar refractivity (Wildman–Crippen MR) is 144 cm³/mol. The Balaban J connectivity index is 1.39. The summed E-state index contributed by atoms with van der Waals surface area (Å²) in [6, 6.07) is 5.97. The molecule has 8 heteroatoms. The first-order valence-corrected chi connectivity index (χ1v) is 11.8. The van der Waals surface area contributed by atoms with E-state index in [0.717, 1.165) is 62.3 Å². The van der Waals surface area contributed by atoms with Gasteiger partial charge >= 0.3 is 0 Å². The lowest BCUT2D eigenvalue weighted by molar-refractivity contribution is 0.509. The van der Waals surface area contributed by atoms with E-state index in [9.17, 15) is 0 Å². The summed E-state index contributed by atoms with van der Waals surface area (Å²) in [5, 5.41) is 11.0. The molecule has 0 saturated heterocycles. The third kappa shape index (κ3) is 3.86. The molecule has 0 fully saturated rings. The molecule has 0 aromatic carbocycles. The number of nitrogens with one attached hydrogen (secondary N) is 3. The van der Waals surface area contributed by atoms with Crippen molar-refractivity contribution in [2.75, 3.05) is 5.32 Å². The summed E-state index contributed by atoms with van der Waals surface area (Å²) < 4.78 is 0. The number of aromatic amines is 2. The maximum Gasteiger partial charge on any atom is 0.161 e.